The summed E-state index contributed by atoms with van der Waals surface area (Å²) in [6.07, 6.45) is 2.12. The second-order valence-electron chi connectivity index (χ2n) is 4.53. The highest BCUT2D eigenvalue weighted by Gasteiger charge is 2.20. The number of rotatable bonds is 5. The molecule has 0 spiro atoms. The van der Waals surface area contributed by atoms with Gasteiger partial charge in [0, 0.05) is 12.7 Å². The molecule has 0 fully saturated rings. The third-order valence-corrected chi connectivity index (χ3v) is 3.18. The zero-order chi connectivity index (χ0) is 15.2. The van der Waals surface area contributed by atoms with Crippen LogP contribution in [0.15, 0.2) is 36.5 Å². The average molecular weight is 282 g/mol. The number of anilines is 1. The molecule has 0 aliphatic rings. The predicted molar refractivity (Wildman–Crippen MR) is 79.0 cm³/mol. The van der Waals surface area contributed by atoms with Gasteiger partial charge in [-0.05, 0) is 30.5 Å². The highest BCUT2D eigenvalue weighted by molar-refractivity contribution is 5.64. The van der Waals surface area contributed by atoms with E-state index in [0.717, 1.165) is 6.42 Å². The lowest BCUT2D eigenvalue weighted by Crippen LogP contribution is -2.10. The minimum absolute atomic E-state index is 0.00777. The van der Waals surface area contributed by atoms with Gasteiger partial charge in [-0.1, -0.05) is 24.3 Å². The molecule has 0 atom stereocenters. The smallest absolute Gasteiger partial charge is 0.328 e. The maximum absolute atomic E-state index is 11.1. The van der Waals surface area contributed by atoms with E-state index < -0.39 is 4.92 Å². The van der Waals surface area contributed by atoms with Gasteiger partial charge in [-0.3, -0.25) is 10.1 Å². The van der Waals surface area contributed by atoms with Crippen LogP contribution in [0, 0.1) is 28.4 Å². The molecule has 2 aromatic rings. The molecule has 1 heterocycles. The lowest BCUT2D eigenvalue weighted by molar-refractivity contribution is -0.384. The fourth-order valence-corrected chi connectivity index (χ4v) is 2.06. The van der Waals surface area contributed by atoms with Crippen molar-refractivity contribution >= 4 is 11.5 Å². The van der Waals surface area contributed by atoms with Gasteiger partial charge < -0.3 is 5.32 Å². The van der Waals surface area contributed by atoms with E-state index in [1.165, 1.54) is 23.4 Å². The third-order valence-electron chi connectivity index (χ3n) is 3.18. The van der Waals surface area contributed by atoms with Crippen molar-refractivity contribution in [1.82, 2.24) is 4.98 Å². The molecular formula is C15H14N4O2. The third kappa shape index (κ3) is 3.34. The molecular weight excluding hydrogens is 268 g/mol. The molecule has 21 heavy (non-hydrogen) atoms. The Morgan fingerprint density at radius 3 is 2.81 bits per heavy atom. The van der Waals surface area contributed by atoms with Crippen molar-refractivity contribution in [1.29, 1.82) is 5.26 Å². The summed E-state index contributed by atoms with van der Waals surface area (Å²) in [4.78, 5) is 14.4. The summed E-state index contributed by atoms with van der Waals surface area (Å²) in [6, 6.07) is 11.1. The Bertz CT molecular complexity index is 707. The molecule has 1 aromatic carbocycles. The molecule has 0 aliphatic heterocycles. The van der Waals surface area contributed by atoms with Gasteiger partial charge in [0.2, 0.25) is 5.82 Å². The van der Waals surface area contributed by atoms with E-state index in [-0.39, 0.29) is 17.1 Å². The minimum Gasteiger partial charge on any atom is -0.364 e. The summed E-state index contributed by atoms with van der Waals surface area (Å²) in [6.45, 7) is 2.53. The number of pyridine rings is 1. The molecule has 0 bridgehead atoms. The molecule has 0 radical (unpaired) electrons. The normalized spacial score (nSPS) is 9.90. The average Bonchev–Trinajstić information content (AvgIpc) is 2.48. The molecule has 106 valence electrons. The monoisotopic (exact) mass is 282 g/mol. The van der Waals surface area contributed by atoms with Crippen LogP contribution in [0.3, 0.4) is 0 Å². The maximum Gasteiger partial charge on any atom is 0.328 e. The molecule has 0 saturated heterocycles. The number of benzene rings is 1. The second kappa shape index (κ2) is 6.48. The molecule has 0 unspecified atom stereocenters. The van der Waals surface area contributed by atoms with Crippen LogP contribution in [0.1, 0.15) is 16.7 Å². The highest BCUT2D eigenvalue weighted by atomic mass is 16.6. The topological polar surface area (TPSA) is 91.8 Å². The van der Waals surface area contributed by atoms with Gasteiger partial charge in [0.25, 0.3) is 0 Å². The molecule has 0 saturated carbocycles. The van der Waals surface area contributed by atoms with E-state index in [9.17, 15) is 10.1 Å². The van der Waals surface area contributed by atoms with E-state index in [1.807, 2.05) is 37.3 Å². The van der Waals surface area contributed by atoms with Crippen molar-refractivity contribution in [3.63, 3.8) is 0 Å². The zero-order valence-electron chi connectivity index (χ0n) is 11.5. The zero-order valence-corrected chi connectivity index (χ0v) is 11.5. The Balaban J connectivity index is 2.13. The number of aromatic nitrogens is 1. The quantitative estimate of drug-likeness (QED) is 0.672. The first kappa shape index (κ1) is 14.5. The number of aryl methyl sites for hydroxylation is 1. The van der Waals surface area contributed by atoms with Crippen molar-refractivity contribution in [3.05, 3.63) is 63.3 Å². The number of nitrogens with one attached hydrogen (secondary N) is 1. The lowest BCUT2D eigenvalue weighted by atomic mass is 10.1. The van der Waals surface area contributed by atoms with E-state index in [0.29, 0.717) is 6.54 Å². The summed E-state index contributed by atoms with van der Waals surface area (Å²) in [5.74, 6) is 0.132. The van der Waals surface area contributed by atoms with Crippen molar-refractivity contribution < 1.29 is 4.92 Å². The van der Waals surface area contributed by atoms with Gasteiger partial charge in [-0.2, -0.15) is 5.26 Å². The largest absolute Gasteiger partial charge is 0.364 e. The number of nitro groups is 1. The SMILES string of the molecule is Cc1ccccc1CCNc1nccc(C#N)c1[N+](=O)[O-]. The molecule has 6 nitrogen and oxygen atoms in total. The van der Waals surface area contributed by atoms with E-state index in [4.69, 9.17) is 5.26 Å². The maximum atomic E-state index is 11.1. The summed E-state index contributed by atoms with van der Waals surface area (Å²) >= 11 is 0. The molecule has 0 aliphatic carbocycles. The molecule has 2 rings (SSSR count). The minimum atomic E-state index is -0.582. The van der Waals surface area contributed by atoms with Gasteiger partial charge in [0.1, 0.15) is 11.6 Å². The van der Waals surface area contributed by atoms with E-state index in [1.54, 1.807) is 0 Å². The van der Waals surface area contributed by atoms with Crippen LogP contribution in [0.5, 0.6) is 0 Å². The molecule has 6 heteroatoms. The van der Waals surface area contributed by atoms with Crippen LogP contribution in [0.2, 0.25) is 0 Å². The Hall–Kier alpha value is -2.94. The summed E-state index contributed by atoms with van der Waals surface area (Å²) < 4.78 is 0. The lowest BCUT2D eigenvalue weighted by Gasteiger charge is -2.08. The van der Waals surface area contributed by atoms with Gasteiger partial charge in [-0.25, -0.2) is 4.98 Å². The highest BCUT2D eigenvalue weighted by Crippen LogP contribution is 2.25. The first-order chi connectivity index (χ1) is 10.1. The Kier molecular flexibility index (Phi) is 4.46. The van der Waals surface area contributed by atoms with Crippen LogP contribution in [-0.2, 0) is 6.42 Å². The van der Waals surface area contributed by atoms with Crippen molar-refractivity contribution in [2.75, 3.05) is 11.9 Å². The van der Waals surface area contributed by atoms with Crippen LogP contribution in [0.25, 0.3) is 0 Å². The Labute approximate surface area is 122 Å². The first-order valence-electron chi connectivity index (χ1n) is 6.45. The number of hydrogen-bond acceptors (Lipinski definition) is 5. The van der Waals surface area contributed by atoms with E-state index >= 15 is 0 Å². The van der Waals surface area contributed by atoms with Crippen molar-refractivity contribution in [2.45, 2.75) is 13.3 Å². The standard InChI is InChI=1S/C15H14N4O2/c1-11-4-2-3-5-12(11)6-8-17-15-14(19(20)21)13(10-16)7-9-18-15/h2-5,7,9H,6,8H2,1H3,(H,17,18). The van der Waals surface area contributed by atoms with Crippen LogP contribution in [-0.4, -0.2) is 16.5 Å². The summed E-state index contributed by atoms with van der Waals surface area (Å²) in [5, 5.41) is 22.9. The fourth-order valence-electron chi connectivity index (χ4n) is 2.06. The summed E-state index contributed by atoms with van der Waals surface area (Å²) in [7, 11) is 0. The van der Waals surface area contributed by atoms with Gasteiger partial charge in [0.05, 0.1) is 4.92 Å². The van der Waals surface area contributed by atoms with Crippen molar-refractivity contribution in [2.24, 2.45) is 0 Å². The van der Waals surface area contributed by atoms with Gasteiger partial charge in [-0.15, -0.1) is 0 Å². The van der Waals surface area contributed by atoms with E-state index in [2.05, 4.69) is 10.3 Å². The van der Waals surface area contributed by atoms with Crippen LogP contribution >= 0.6 is 0 Å². The molecule has 1 N–H and O–H groups in total. The van der Waals surface area contributed by atoms with Crippen LogP contribution in [0.4, 0.5) is 11.5 Å². The number of nitriles is 1. The predicted octanol–water partition coefficient (Wildman–Crippen LogP) is 2.82. The fraction of sp³-hybridized carbons (Fsp3) is 0.200. The Morgan fingerprint density at radius 2 is 2.14 bits per heavy atom. The number of hydrogen-bond donors (Lipinski definition) is 1. The van der Waals surface area contributed by atoms with Gasteiger partial charge >= 0.3 is 5.69 Å². The summed E-state index contributed by atoms with van der Waals surface area (Å²) in [5.41, 5.74) is 2.08. The Morgan fingerprint density at radius 1 is 1.38 bits per heavy atom. The molecule has 0 amide bonds. The van der Waals surface area contributed by atoms with Crippen LogP contribution < -0.4 is 5.32 Å². The molecule has 1 aromatic heterocycles. The first-order valence-corrected chi connectivity index (χ1v) is 6.45. The van der Waals surface area contributed by atoms with Gasteiger partial charge in [0.15, 0.2) is 0 Å². The second-order valence-corrected chi connectivity index (χ2v) is 4.53. The van der Waals surface area contributed by atoms with Crippen molar-refractivity contribution in [3.8, 4) is 6.07 Å². The number of nitrogens with zero attached hydrogens (tertiary/aromatic N) is 3.